The minimum atomic E-state index is -0.212. The predicted octanol–water partition coefficient (Wildman–Crippen LogP) is 0.304. The molecule has 9 heteroatoms. The van der Waals surface area contributed by atoms with E-state index in [4.69, 9.17) is 5.73 Å². The van der Waals surface area contributed by atoms with E-state index in [2.05, 4.69) is 25.8 Å². The molecular formula is C15H24N8O. The number of amides is 1. The number of carbonyl (C=O) groups excluding carboxylic acids is 1. The Morgan fingerprint density at radius 3 is 2.88 bits per heavy atom. The highest BCUT2D eigenvalue weighted by Gasteiger charge is 2.22. The normalized spacial score (nSPS) is 20.9. The van der Waals surface area contributed by atoms with Crippen LogP contribution in [0.15, 0.2) is 12.5 Å². The van der Waals surface area contributed by atoms with Gasteiger partial charge < -0.3 is 15.6 Å². The van der Waals surface area contributed by atoms with Gasteiger partial charge in [-0.3, -0.25) is 4.79 Å². The van der Waals surface area contributed by atoms with Crippen LogP contribution < -0.4 is 11.1 Å². The molecule has 1 amide bonds. The van der Waals surface area contributed by atoms with E-state index >= 15 is 0 Å². The number of rotatable bonds is 6. The molecule has 1 aliphatic carbocycles. The van der Waals surface area contributed by atoms with Crippen molar-refractivity contribution in [1.82, 2.24) is 35.1 Å². The van der Waals surface area contributed by atoms with Crippen molar-refractivity contribution in [2.24, 2.45) is 5.73 Å². The van der Waals surface area contributed by atoms with Crippen molar-refractivity contribution in [3.63, 3.8) is 0 Å². The molecule has 24 heavy (non-hydrogen) atoms. The summed E-state index contributed by atoms with van der Waals surface area (Å²) in [4.78, 5) is 12.2. The maximum atomic E-state index is 12.2. The molecule has 2 aromatic rings. The maximum Gasteiger partial charge on any atom is 0.273 e. The molecule has 1 fully saturated rings. The summed E-state index contributed by atoms with van der Waals surface area (Å²) in [7, 11) is 0. The molecule has 0 bridgehead atoms. The molecule has 0 spiro atoms. The van der Waals surface area contributed by atoms with Gasteiger partial charge in [-0.25, -0.2) is 4.68 Å². The molecule has 3 N–H and O–H groups in total. The van der Waals surface area contributed by atoms with Gasteiger partial charge in [-0.1, -0.05) is 5.21 Å². The lowest BCUT2D eigenvalue weighted by Gasteiger charge is -2.25. The van der Waals surface area contributed by atoms with Crippen LogP contribution >= 0.6 is 0 Å². The van der Waals surface area contributed by atoms with Crippen molar-refractivity contribution >= 4 is 5.91 Å². The Balaban J connectivity index is 1.50. The Morgan fingerprint density at radius 1 is 1.33 bits per heavy atom. The first-order chi connectivity index (χ1) is 11.7. The standard InChI is InChI=1S/C15H24N8O/c1-2-22-10-18-20-14(22)7-8-17-15(24)13-9-23(21-19-13)12-5-3-11(16)4-6-12/h9-12H,2-8,16H2,1H3,(H,17,24). The molecule has 0 aliphatic heterocycles. The molecule has 0 unspecified atom stereocenters. The summed E-state index contributed by atoms with van der Waals surface area (Å²) < 4.78 is 3.75. The van der Waals surface area contributed by atoms with E-state index in [9.17, 15) is 4.79 Å². The third kappa shape index (κ3) is 3.78. The summed E-state index contributed by atoms with van der Waals surface area (Å²) in [5, 5.41) is 18.9. The number of nitrogens with two attached hydrogens (primary N) is 1. The van der Waals surface area contributed by atoms with E-state index in [1.54, 1.807) is 17.2 Å². The molecule has 0 saturated heterocycles. The summed E-state index contributed by atoms with van der Waals surface area (Å²) in [5.41, 5.74) is 6.27. The fourth-order valence-electron chi connectivity index (χ4n) is 3.04. The quantitative estimate of drug-likeness (QED) is 0.786. The van der Waals surface area contributed by atoms with Crippen molar-refractivity contribution in [2.45, 2.75) is 57.7 Å². The van der Waals surface area contributed by atoms with Crippen molar-refractivity contribution < 1.29 is 4.79 Å². The molecule has 1 aliphatic rings. The Labute approximate surface area is 140 Å². The monoisotopic (exact) mass is 332 g/mol. The highest BCUT2D eigenvalue weighted by Crippen LogP contribution is 2.26. The van der Waals surface area contributed by atoms with E-state index in [0.29, 0.717) is 24.7 Å². The van der Waals surface area contributed by atoms with Crippen LogP contribution in [0.1, 0.15) is 55.0 Å². The van der Waals surface area contributed by atoms with Crippen molar-refractivity contribution in [2.75, 3.05) is 6.54 Å². The van der Waals surface area contributed by atoms with Crippen LogP contribution in [0, 0.1) is 0 Å². The van der Waals surface area contributed by atoms with Crippen LogP contribution in [0.3, 0.4) is 0 Å². The van der Waals surface area contributed by atoms with E-state index in [1.165, 1.54) is 0 Å². The largest absolute Gasteiger partial charge is 0.350 e. The lowest BCUT2D eigenvalue weighted by molar-refractivity contribution is 0.0948. The second-order valence-corrected chi connectivity index (χ2v) is 6.19. The summed E-state index contributed by atoms with van der Waals surface area (Å²) in [6.45, 7) is 3.33. The molecule has 1 saturated carbocycles. The first kappa shape index (κ1) is 16.6. The fourth-order valence-corrected chi connectivity index (χ4v) is 3.04. The zero-order valence-corrected chi connectivity index (χ0v) is 13.9. The summed E-state index contributed by atoms with van der Waals surface area (Å²) in [5.74, 6) is 0.649. The van der Waals surface area contributed by atoms with Crippen LogP contribution in [-0.2, 0) is 13.0 Å². The SMILES string of the molecule is CCn1cnnc1CCNC(=O)c1cn(C2CCC(N)CC2)nn1. The van der Waals surface area contributed by atoms with Crippen LogP contribution in [0.25, 0.3) is 0 Å². The number of aryl methyl sites for hydroxylation is 1. The van der Waals surface area contributed by atoms with E-state index < -0.39 is 0 Å². The molecule has 9 nitrogen and oxygen atoms in total. The third-order valence-electron chi connectivity index (χ3n) is 4.53. The van der Waals surface area contributed by atoms with Gasteiger partial charge in [-0.2, -0.15) is 0 Å². The average molecular weight is 332 g/mol. The Hall–Kier alpha value is -2.29. The molecule has 2 aromatic heterocycles. The lowest BCUT2D eigenvalue weighted by atomic mass is 9.92. The van der Waals surface area contributed by atoms with Crippen molar-refractivity contribution in [1.29, 1.82) is 0 Å². The van der Waals surface area contributed by atoms with Gasteiger partial charge in [-0.05, 0) is 32.6 Å². The second-order valence-electron chi connectivity index (χ2n) is 6.19. The van der Waals surface area contributed by atoms with Gasteiger partial charge in [0.05, 0.1) is 12.2 Å². The number of hydrogen-bond donors (Lipinski definition) is 2. The van der Waals surface area contributed by atoms with Gasteiger partial charge in [-0.15, -0.1) is 15.3 Å². The van der Waals surface area contributed by atoms with Gasteiger partial charge >= 0.3 is 0 Å². The first-order valence-electron chi connectivity index (χ1n) is 8.49. The van der Waals surface area contributed by atoms with Gasteiger partial charge in [0.25, 0.3) is 5.91 Å². The molecule has 0 atom stereocenters. The van der Waals surface area contributed by atoms with E-state index in [-0.39, 0.29) is 11.9 Å². The Kier molecular flexibility index (Phi) is 5.19. The lowest BCUT2D eigenvalue weighted by Crippen LogP contribution is -2.28. The second kappa shape index (κ2) is 7.52. The molecular weight excluding hydrogens is 308 g/mol. The fraction of sp³-hybridized carbons (Fsp3) is 0.667. The van der Waals surface area contributed by atoms with Crippen LogP contribution in [0.5, 0.6) is 0 Å². The summed E-state index contributed by atoms with van der Waals surface area (Å²) in [6.07, 6.45) is 8.00. The zero-order chi connectivity index (χ0) is 16.9. The maximum absolute atomic E-state index is 12.2. The minimum Gasteiger partial charge on any atom is -0.350 e. The van der Waals surface area contributed by atoms with Crippen molar-refractivity contribution in [3.8, 4) is 0 Å². The van der Waals surface area contributed by atoms with Gasteiger partial charge in [0.1, 0.15) is 12.2 Å². The van der Waals surface area contributed by atoms with E-state index in [0.717, 1.165) is 38.1 Å². The number of hydrogen-bond acceptors (Lipinski definition) is 6. The molecule has 0 aromatic carbocycles. The van der Waals surface area contributed by atoms with Gasteiger partial charge in [0.15, 0.2) is 5.69 Å². The first-order valence-corrected chi connectivity index (χ1v) is 8.49. The minimum absolute atomic E-state index is 0.212. The average Bonchev–Trinajstić information content (AvgIpc) is 3.24. The third-order valence-corrected chi connectivity index (χ3v) is 4.53. The number of aromatic nitrogens is 6. The number of nitrogens with zero attached hydrogens (tertiary/aromatic N) is 6. The number of carbonyl (C=O) groups is 1. The Morgan fingerprint density at radius 2 is 2.12 bits per heavy atom. The smallest absolute Gasteiger partial charge is 0.273 e. The zero-order valence-electron chi connectivity index (χ0n) is 13.9. The van der Waals surface area contributed by atoms with Crippen LogP contribution in [0.4, 0.5) is 0 Å². The number of nitrogens with one attached hydrogen (secondary N) is 1. The molecule has 2 heterocycles. The predicted molar refractivity (Wildman–Crippen MR) is 87.2 cm³/mol. The van der Waals surface area contributed by atoms with Crippen LogP contribution in [0.2, 0.25) is 0 Å². The summed E-state index contributed by atoms with van der Waals surface area (Å²) >= 11 is 0. The highest BCUT2D eigenvalue weighted by atomic mass is 16.2. The van der Waals surface area contributed by atoms with Crippen LogP contribution in [-0.4, -0.2) is 48.3 Å². The van der Waals surface area contributed by atoms with Gasteiger partial charge in [0, 0.05) is 25.6 Å². The van der Waals surface area contributed by atoms with Crippen molar-refractivity contribution in [3.05, 3.63) is 24.0 Å². The molecule has 3 rings (SSSR count). The van der Waals surface area contributed by atoms with Gasteiger partial charge in [0.2, 0.25) is 0 Å². The Bertz CT molecular complexity index is 671. The highest BCUT2D eigenvalue weighted by molar-refractivity contribution is 5.91. The topological polar surface area (TPSA) is 117 Å². The molecule has 130 valence electrons. The molecule has 0 radical (unpaired) electrons. The van der Waals surface area contributed by atoms with E-state index in [1.807, 2.05) is 11.5 Å². The summed E-state index contributed by atoms with van der Waals surface area (Å²) in [6, 6.07) is 0.583.